The predicted molar refractivity (Wildman–Crippen MR) is 133 cm³/mol. The van der Waals surface area contributed by atoms with E-state index in [9.17, 15) is 4.79 Å². The van der Waals surface area contributed by atoms with Crippen molar-refractivity contribution < 1.29 is 4.79 Å². The maximum atomic E-state index is 13.0. The summed E-state index contributed by atoms with van der Waals surface area (Å²) in [6.07, 6.45) is 6.29. The second-order valence-corrected chi connectivity index (χ2v) is 9.14. The number of nitrogens with one attached hydrogen (secondary N) is 1. The van der Waals surface area contributed by atoms with Gasteiger partial charge in [0.2, 0.25) is 0 Å². The van der Waals surface area contributed by atoms with Gasteiger partial charge in [-0.05, 0) is 60.8 Å². The number of aromatic nitrogens is 2. The van der Waals surface area contributed by atoms with Crippen molar-refractivity contribution in [2.75, 3.05) is 13.1 Å². The zero-order chi connectivity index (χ0) is 22.8. The Kier molecular flexibility index (Phi) is 6.16. The van der Waals surface area contributed by atoms with Crippen molar-refractivity contribution in [2.24, 2.45) is 7.05 Å². The standard InChI is InChI=1S/C27H27ClN4O/c1-31-25(27(33)30-15-20-5-4-6-22(28)13-20)14-23-24(16-29-17-26(23)31)21-9-7-19(8-10-21)18-32-11-2-3-12-32/h4-10,13-14,16-17H,2-3,11-12,15,18H2,1H3,(H,30,33). The lowest BCUT2D eigenvalue weighted by Gasteiger charge is -2.14. The molecule has 168 valence electrons. The van der Waals surface area contributed by atoms with Gasteiger partial charge in [-0.1, -0.05) is 48.0 Å². The summed E-state index contributed by atoms with van der Waals surface area (Å²) in [5.74, 6) is -0.124. The predicted octanol–water partition coefficient (Wildman–Crippen LogP) is 5.42. The van der Waals surface area contributed by atoms with Crippen LogP contribution in [0.25, 0.3) is 22.0 Å². The average Bonchev–Trinajstić information content (AvgIpc) is 3.46. The first-order valence-corrected chi connectivity index (χ1v) is 11.7. The third-order valence-electron chi connectivity index (χ3n) is 6.41. The molecule has 0 unspecified atom stereocenters. The number of pyridine rings is 1. The van der Waals surface area contributed by atoms with Crippen molar-refractivity contribution in [1.82, 2.24) is 19.8 Å². The van der Waals surface area contributed by atoms with Crippen molar-refractivity contribution in [1.29, 1.82) is 0 Å². The van der Waals surface area contributed by atoms with Crippen LogP contribution in [0.1, 0.15) is 34.5 Å². The van der Waals surface area contributed by atoms with E-state index >= 15 is 0 Å². The van der Waals surface area contributed by atoms with Crippen LogP contribution in [0.4, 0.5) is 0 Å². The summed E-state index contributed by atoms with van der Waals surface area (Å²) in [6, 6.07) is 18.2. The first-order valence-electron chi connectivity index (χ1n) is 11.4. The number of hydrogen-bond acceptors (Lipinski definition) is 3. The molecule has 0 saturated carbocycles. The van der Waals surface area contributed by atoms with Crippen LogP contribution in [-0.2, 0) is 20.1 Å². The highest BCUT2D eigenvalue weighted by Gasteiger charge is 2.17. The van der Waals surface area contributed by atoms with Crippen LogP contribution in [0.5, 0.6) is 0 Å². The lowest BCUT2D eigenvalue weighted by Crippen LogP contribution is -2.24. The third kappa shape index (κ3) is 4.65. The van der Waals surface area contributed by atoms with Crippen LogP contribution >= 0.6 is 11.6 Å². The maximum Gasteiger partial charge on any atom is 0.268 e. The number of carbonyl (C=O) groups is 1. The Balaban J connectivity index is 1.38. The van der Waals surface area contributed by atoms with Crippen molar-refractivity contribution in [3.63, 3.8) is 0 Å². The largest absolute Gasteiger partial charge is 0.347 e. The molecule has 0 spiro atoms. The minimum Gasteiger partial charge on any atom is -0.347 e. The van der Waals surface area contributed by atoms with Crippen LogP contribution in [-0.4, -0.2) is 33.4 Å². The van der Waals surface area contributed by atoms with Crippen LogP contribution < -0.4 is 5.32 Å². The van der Waals surface area contributed by atoms with Gasteiger partial charge in [0.05, 0.1) is 11.7 Å². The van der Waals surface area contributed by atoms with E-state index in [1.54, 1.807) is 0 Å². The number of fused-ring (bicyclic) bond motifs is 1. The topological polar surface area (TPSA) is 50.2 Å². The highest BCUT2D eigenvalue weighted by Crippen LogP contribution is 2.30. The van der Waals surface area contributed by atoms with Gasteiger partial charge in [0, 0.05) is 42.3 Å². The molecule has 1 fully saturated rings. The fourth-order valence-corrected chi connectivity index (χ4v) is 4.81. The Hall–Kier alpha value is -3.15. The smallest absolute Gasteiger partial charge is 0.268 e. The van der Waals surface area contributed by atoms with Crippen molar-refractivity contribution in [2.45, 2.75) is 25.9 Å². The molecule has 1 amide bonds. The van der Waals surface area contributed by atoms with E-state index in [2.05, 4.69) is 39.5 Å². The molecule has 0 bridgehead atoms. The molecule has 1 aliphatic rings. The van der Waals surface area contributed by atoms with Crippen LogP contribution in [0.15, 0.2) is 67.0 Å². The van der Waals surface area contributed by atoms with E-state index < -0.39 is 0 Å². The molecule has 6 heteroatoms. The fourth-order valence-electron chi connectivity index (χ4n) is 4.60. The molecule has 5 nitrogen and oxygen atoms in total. The molecule has 4 aromatic rings. The number of rotatable bonds is 6. The fraction of sp³-hybridized carbons (Fsp3) is 0.259. The molecule has 3 heterocycles. The number of benzene rings is 2. The Morgan fingerprint density at radius 3 is 2.58 bits per heavy atom. The van der Waals surface area contributed by atoms with Gasteiger partial charge >= 0.3 is 0 Å². The number of halogens is 1. The van der Waals surface area contributed by atoms with E-state index in [1.807, 2.05) is 54.3 Å². The van der Waals surface area contributed by atoms with Gasteiger partial charge in [0.1, 0.15) is 5.69 Å². The molecular formula is C27H27ClN4O. The zero-order valence-electron chi connectivity index (χ0n) is 18.7. The summed E-state index contributed by atoms with van der Waals surface area (Å²) in [4.78, 5) is 19.9. The highest BCUT2D eigenvalue weighted by atomic mass is 35.5. The number of likely N-dealkylation sites (tertiary alicyclic amines) is 1. The minimum atomic E-state index is -0.124. The molecule has 1 aliphatic heterocycles. The van der Waals surface area contributed by atoms with Gasteiger partial charge in [-0.15, -0.1) is 0 Å². The van der Waals surface area contributed by atoms with Gasteiger partial charge in [-0.25, -0.2) is 0 Å². The minimum absolute atomic E-state index is 0.124. The molecule has 5 rings (SSSR count). The van der Waals surface area contributed by atoms with Crippen molar-refractivity contribution >= 4 is 28.4 Å². The van der Waals surface area contributed by atoms with Crippen molar-refractivity contribution in [3.8, 4) is 11.1 Å². The normalized spacial score (nSPS) is 14.1. The van der Waals surface area contributed by atoms with Gasteiger partial charge in [0.25, 0.3) is 5.91 Å². The Labute approximate surface area is 199 Å². The molecule has 1 saturated heterocycles. The van der Waals surface area contributed by atoms with Crippen molar-refractivity contribution in [3.05, 3.63) is 88.8 Å². The highest BCUT2D eigenvalue weighted by molar-refractivity contribution is 6.30. The lowest BCUT2D eigenvalue weighted by molar-refractivity contribution is 0.0943. The number of amides is 1. The molecule has 2 aromatic carbocycles. The third-order valence-corrected chi connectivity index (χ3v) is 6.65. The molecule has 0 radical (unpaired) electrons. The summed E-state index contributed by atoms with van der Waals surface area (Å²) >= 11 is 6.06. The summed E-state index contributed by atoms with van der Waals surface area (Å²) in [7, 11) is 1.90. The zero-order valence-corrected chi connectivity index (χ0v) is 19.5. The number of carbonyl (C=O) groups excluding carboxylic acids is 1. The lowest BCUT2D eigenvalue weighted by atomic mass is 10.0. The maximum absolute atomic E-state index is 13.0. The van der Waals surface area contributed by atoms with E-state index in [0.29, 0.717) is 17.3 Å². The van der Waals surface area contributed by atoms with E-state index in [-0.39, 0.29) is 5.91 Å². The average molecular weight is 459 g/mol. The summed E-state index contributed by atoms with van der Waals surface area (Å²) in [5.41, 5.74) is 5.97. The van der Waals surface area contributed by atoms with Gasteiger partial charge in [0.15, 0.2) is 0 Å². The molecule has 33 heavy (non-hydrogen) atoms. The number of nitrogens with zero attached hydrogens (tertiary/aromatic N) is 3. The first-order chi connectivity index (χ1) is 16.1. The summed E-state index contributed by atoms with van der Waals surface area (Å²) in [5, 5.41) is 4.68. The Morgan fingerprint density at radius 2 is 1.82 bits per heavy atom. The summed E-state index contributed by atoms with van der Waals surface area (Å²) in [6.45, 7) is 3.81. The van der Waals surface area contributed by atoms with Gasteiger partial charge in [-0.2, -0.15) is 0 Å². The Bertz CT molecular complexity index is 1290. The quantitative estimate of drug-likeness (QED) is 0.419. The molecule has 0 atom stereocenters. The van der Waals surface area contributed by atoms with Crippen LogP contribution in [0, 0.1) is 0 Å². The second kappa shape index (κ2) is 9.38. The van der Waals surface area contributed by atoms with Crippen LogP contribution in [0.2, 0.25) is 5.02 Å². The molecule has 0 aliphatic carbocycles. The van der Waals surface area contributed by atoms with Crippen LogP contribution in [0.3, 0.4) is 0 Å². The monoisotopic (exact) mass is 458 g/mol. The number of aryl methyl sites for hydroxylation is 1. The second-order valence-electron chi connectivity index (χ2n) is 8.70. The molecule has 1 N–H and O–H groups in total. The Morgan fingerprint density at radius 1 is 1.03 bits per heavy atom. The summed E-state index contributed by atoms with van der Waals surface area (Å²) < 4.78 is 1.90. The van der Waals surface area contributed by atoms with E-state index in [4.69, 9.17) is 11.6 Å². The van der Waals surface area contributed by atoms with Gasteiger partial charge < -0.3 is 9.88 Å². The van der Waals surface area contributed by atoms with E-state index in [0.717, 1.165) is 34.1 Å². The SMILES string of the molecule is Cn1c(C(=O)NCc2cccc(Cl)c2)cc2c(-c3ccc(CN4CCCC4)cc3)cncc21. The van der Waals surface area contributed by atoms with Gasteiger partial charge in [-0.3, -0.25) is 14.7 Å². The molecule has 2 aromatic heterocycles. The molecular weight excluding hydrogens is 432 g/mol. The van der Waals surface area contributed by atoms with E-state index in [1.165, 1.54) is 31.5 Å². The number of hydrogen-bond donors (Lipinski definition) is 1. The first kappa shape index (κ1) is 21.7.